The Kier molecular flexibility index (Phi) is 3.22. The maximum atomic E-state index is 10.5. The first-order valence-corrected chi connectivity index (χ1v) is 5.42. The summed E-state index contributed by atoms with van der Waals surface area (Å²) in [5, 5.41) is 6.59. The van der Waals surface area contributed by atoms with E-state index in [1.165, 1.54) is 0 Å². The number of hydrogen-bond donors (Lipinski definition) is 2. The SMILES string of the molecule is C[C@@]1(Oc2ccc(C=O)cc2)CNCCN1. The van der Waals surface area contributed by atoms with Crippen LogP contribution in [0.25, 0.3) is 0 Å². The molecule has 2 rings (SSSR count). The first-order valence-electron chi connectivity index (χ1n) is 5.42. The van der Waals surface area contributed by atoms with Gasteiger partial charge in [-0.1, -0.05) is 0 Å². The molecule has 1 aliphatic heterocycles. The first kappa shape index (κ1) is 11.1. The molecule has 4 heteroatoms. The molecule has 1 aliphatic rings. The molecule has 4 nitrogen and oxygen atoms in total. The van der Waals surface area contributed by atoms with Gasteiger partial charge in [-0.05, 0) is 31.2 Å². The molecule has 1 heterocycles. The van der Waals surface area contributed by atoms with E-state index in [-0.39, 0.29) is 5.72 Å². The second-order valence-electron chi connectivity index (χ2n) is 4.12. The molecule has 0 radical (unpaired) electrons. The standard InChI is InChI=1S/C12H16N2O2/c1-12(9-13-6-7-14-12)16-11-4-2-10(8-15)3-5-11/h2-5,8,13-14H,6-7,9H2,1H3/t12-/m1/s1. The highest BCUT2D eigenvalue weighted by Crippen LogP contribution is 2.17. The van der Waals surface area contributed by atoms with E-state index in [9.17, 15) is 4.79 Å². The van der Waals surface area contributed by atoms with Gasteiger partial charge in [0.1, 0.15) is 12.0 Å². The van der Waals surface area contributed by atoms with Gasteiger partial charge in [0, 0.05) is 25.2 Å². The van der Waals surface area contributed by atoms with E-state index < -0.39 is 0 Å². The molecular formula is C12H16N2O2. The molecule has 1 aromatic carbocycles. The highest BCUT2D eigenvalue weighted by atomic mass is 16.5. The van der Waals surface area contributed by atoms with E-state index in [2.05, 4.69) is 10.6 Å². The third-order valence-electron chi connectivity index (χ3n) is 2.62. The number of ether oxygens (including phenoxy) is 1. The lowest BCUT2D eigenvalue weighted by atomic mass is 10.2. The lowest BCUT2D eigenvalue weighted by Gasteiger charge is -2.35. The van der Waals surface area contributed by atoms with Crippen molar-refractivity contribution < 1.29 is 9.53 Å². The van der Waals surface area contributed by atoms with Gasteiger partial charge < -0.3 is 10.1 Å². The molecule has 0 unspecified atom stereocenters. The van der Waals surface area contributed by atoms with Gasteiger partial charge in [0.25, 0.3) is 0 Å². The molecule has 0 bridgehead atoms. The van der Waals surface area contributed by atoms with E-state index in [1.54, 1.807) is 12.1 Å². The second kappa shape index (κ2) is 4.63. The van der Waals surface area contributed by atoms with E-state index in [1.807, 2.05) is 19.1 Å². The average Bonchev–Trinajstić information content (AvgIpc) is 2.30. The fourth-order valence-electron chi connectivity index (χ4n) is 1.75. The minimum atomic E-state index is -0.374. The number of piperazine rings is 1. The summed E-state index contributed by atoms with van der Waals surface area (Å²) >= 11 is 0. The largest absolute Gasteiger partial charge is 0.472 e. The Morgan fingerprint density at radius 2 is 2.06 bits per heavy atom. The highest BCUT2D eigenvalue weighted by Gasteiger charge is 2.27. The molecule has 1 fully saturated rings. The molecule has 0 amide bonds. The van der Waals surface area contributed by atoms with Crippen LogP contribution in [0.15, 0.2) is 24.3 Å². The predicted molar refractivity (Wildman–Crippen MR) is 61.7 cm³/mol. The molecule has 0 aliphatic carbocycles. The molecule has 2 N–H and O–H groups in total. The lowest BCUT2D eigenvalue weighted by molar-refractivity contribution is 0.0381. The average molecular weight is 220 g/mol. The Morgan fingerprint density at radius 1 is 1.31 bits per heavy atom. The molecule has 0 aromatic heterocycles. The molecule has 86 valence electrons. The van der Waals surface area contributed by atoms with Crippen LogP contribution in [-0.2, 0) is 0 Å². The van der Waals surface area contributed by atoms with Crippen LogP contribution < -0.4 is 15.4 Å². The van der Waals surface area contributed by atoms with Crippen molar-refractivity contribution in [2.24, 2.45) is 0 Å². The number of hydrogen-bond acceptors (Lipinski definition) is 4. The van der Waals surface area contributed by atoms with Crippen LogP contribution in [0.3, 0.4) is 0 Å². The lowest BCUT2D eigenvalue weighted by Crippen LogP contribution is -2.60. The Balaban J connectivity index is 2.04. The second-order valence-corrected chi connectivity index (χ2v) is 4.12. The monoisotopic (exact) mass is 220 g/mol. The minimum Gasteiger partial charge on any atom is -0.472 e. The third-order valence-corrected chi connectivity index (χ3v) is 2.62. The maximum absolute atomic E-state index is 10.5. The Morgan fingerprint density at radius 3 is 2.62 bits per heavy atom. The topological polar surface area (TPSA) is 50.4 Å². The van der Waals surface area contributed by atoms with E-state index in [4.69, 9.17) is 4.74 Å². The molecule has 1 saturated heterocycles. The zero-order valence-electron chi connectivity index (χ0n) is 9.32. The van der Waals surface area contributed by atoms with Gasteiger partial charge in [-0.25, -0.2) is 0 Å². The summed E-state index contributed by atoms with van der Waals surface area (Å²) in [6.07, 6.45) is 0.825. The van der Waals surface area contributed by atoms with Crippen molar-refractivity contribution >= 4 is 6.29 Å². The maximum Gasteiger partial charge on any atom is 0.170 e. The number of aldehydes is 1. The van der Waals surface area contributed by atoms with Crippen molar-refractivity contribution in [3.63, 3.8) is 0 Å². The predicted octanol–water partition coefficient (Wildman–Crippen LogP) is 0.787. The van der Waals surface area contributed by atoms with Gasteiger partial charge in [0.05, 0.1) is 0 Å². The summed E-state index contributed by atoms with van der Waals surface area (Å²) in [5.41, 5.74) is 0.285. The molecular weight excluding hydrogens is 204 g/mol. The number of carbonyl (C=O) groups excluding carboxylic acids is 1. The van der Waals surface area contributed by atoms with Gasteiger partial charge in [-0.15, -0.1) is 0 Å². The van der Waals surface area contributed by atoms with Crippen LogP contribution >= 0.6 is 0 Å². The van der Waals surface area contributed by atoms with E-state index in [0.717, 1.165) is 31.7 Å². The smallest absolute Gasteiger partial charge is 0.170 e. The van der Waals surface area contributed by atoms with E-state index >= 15 is 0 Å². The van der Waals surface area contributed by atoms with Crippen LogP contribution in [0.4, 0.5) is 0 Å². The molecule has 0 spiro atoms. The normalized spacial score (nSPS) is 25.1. The van der Waals surface area contributed by atoms with Crippen molar-refractivity contribution in [3.8, 4) is 5.75 Å². The first-order chi connectivity index (χ1) is 7.72. The number of nitrogens with one attached hydrogen (secondary N) is 2. The minimum absolute atomic E-state index is 0.374. The summed E-state index contributed by atoms with van der Waals surface area (Å²) < 4.78 is 5.85. The fraction of sp³-hybridized carbons (Fsp3) is 0.417. The summed E-state index contributed by atoms with van der Waals surface area (Å²) in [6.45, 7) is 4.63. The zero-order valence-corrected chi connectivity index (χ0v) is 9.32. The number of carbonyl (C=O) groups is 1. The summed E-state index contributed by atoms with van der Waals surface area (Å²) in [6, 6.07) is 7.13. The molecule has 1 aromatic rings. The Bertz CT molecular complexity index is 356. The molecule has 0 saturated carbocycles. The van der Waals surface area contributed by atoms with Crippen molar-refractivity contribution in [1.29, 1.82) is 0 Å². The fourth-order valence-corrected chi connectivity index (χ4v) is 1.75. The van der Waals surface area contributed by atoms with Gasteiger partial charge in [0.15, 0.2) is 5.72 Å². The number of benzene rings is 1. The van der Waals surface area contributed by atoms with Gasteiger partial charge in [-0.2, -0.15) is 0 Å². The van der Waals surface area contributed by atoms with Crippen molar-refractivity contribution in [3.05, 3.63) is 29.8 Å². The Hall–Kier alpha value is -1.39. The van der Waals surface area contributed by atoms with Gasteiger partial charge in [-0.3, -0.25) is 10.1 Å². The van der Waals surface area contributed by atoms with E-state index in [0.29, 0.717) is 5.56 Å². The van der Waals surface area contributed by atoms with Crippen LogP contribution in [-0.4, -0.2) is 31.6 Å². The zero-order chi connectivity index (χ0) is 11.4. The van der Waals surface area contributed by atoms with Crippen LogP contribution in [0.2, 0.25) is 0 Å². The van der Waals surface area contributed by atoms with Crippen LogP contribution in [0.5, 0.6) is 5.75 Å². The van der Waals surface area contributed by atoms with Crippen LogP contribution in [0, 0.1) is 0 Å². The van der Waals surface area contributed by atoms with Crippen LogP contribution in [0.1, 0.15) is 17.3 Å². The Labute approximate surface area is 95.0 Å². The number of rotatable bonds is 3. The summed E-state index contributed by atoms with van der Waals surface area (Å²) in [7, 11) is 0. The quantitative estimate of drug-likeness (QED) is 0.739. The summed E-state index contributed by atoms with van der Waals surface area (Å²) in [5.74, 6) is 0.768. The molecule has 16 heavy (non-hydrogen) atoms. The van der Waals surface area contributed by atoms with Gasteiger partial charge in [0.2, 0.25) is 0 Å². The van der Waals surface area contributed by atoms with Crippen molar-refractivity contribution in [2.75, 3.05) is 19.6 Å². The van der Waals surface area contributed by atoms with Crippen molar-refractivity contribution in [1.82, 2.24) is 10.6 Å². The highest BCUT2D eigenvalue weighted by molar-refractivity contribution is 5.74. The summed E-state index contributed by atoms with van der Waals surface area (Å²) in [4.78, 5) is 10.5. The third kappa shape index (κ3) is 2.59. The van der Waals surface area contributed by atoms with Gasteiger partial charge >= 0.3 is 0 Å². The van der Waals surface area contributed by atoms with Crippen molar-refractivity contribution in [2.45, 2.75) is 12.6 Å². The molecule has 1 atom stereocenters.